The van der Waals surface area contributed by atoms with Crippen LogP contribution < -0.4 is 14.7 Å². The molecule has 0 saturated heterocycles. The van der Waals surface area contributed by atoms with Crippen LogP contribution in [0.4, 0.5) is 0 Å². The van der Waals surface area contributed by atoms with Gasteiger partial charge in [0.15, 0.2) is 0 Å². The third kappa shape index (κ3) is 99.6. The molecule has 0 aromatic carbocycles. The zero-order chi connectivity index (χ0) is 54.1. The highest BCUT2D eigenvalue weighted by Gasteiger charge is 2.07. The summed E-state index contributed by atoms with van der Waals surface area (Å²) in [5, 5.41) is 0. The first-order valence-corrected chi connectivity index (χ1v) is 33.3. The van der Waals surface area contributed by atoms with Crippen molar-refractivity contribution >= 4 is 7.82 Å². The maximum Gasteiger partial charge on any atom is 0.0780 e. The predicted octanol–water partition coefficient (Wildman–Crippen LogP) is 18.0. The van der Waals surface area contributed by atoms with Crippen molar-refractivity contribution in [1.29, 1.82) is 0 Å². The minimum Gasteiger partial charge on any atom is -0.822 e. The molecule has 0 aliphatic heterocycles. The molecule has 0 atom stereocenters. The SMILES string of the molecule is CCCCCCCCCCCCCCCCCC[N+](C)(C)C.CCCCCCCCCCCCCCCCCC[N+](C)(C)C.CCCCCCCCCCCCCCCCCC[N+](C)(C)C.O=P([O-])([O-])[O-]. The van der Waals surface area contributed by atoms with E-state index in [1.807, 2.05) is 0 Å². The summed E-state index contributed by atoms with van der Waals surface area (Å²) >= 11 is 0. The maximum absolute atomic E-state index is 8.55. The highest BCUT2D eigenvalue weighted by Crippen LogP contribution is 2.17. The summed E-state index contributed by atoms with van der Waals surface area (Å²) in [6.07, 6.45) is 70.1. The van der Waals surface area contributed by atoms with E-state index in [4.69, 9.17) is 19.2 Å². The highest BCUT2D eigenvalue weighted by atomic mass is 31.2. The first kappa shape index (κ1) is 77.5. The van der Waals surface area contributed by atoms with Gasteiger partial charge in [-0.3, -0.25) is 0 Å². The fourth-order valence-electron chi connectivity index (χ4n) is 9.40. The quantitative estimate of drug-likeness (QED) is 0.0345. The molecule has 0 fully saturated rings. The Morgan fingerprint density at radius 2 is 0.296 bits per heavy atom. The van der Waals surface area contributed by atoms with Gasteiger partial charge in [-0.05, 0) is 38.5 Å². The Labute approximate surface area is 450 Å². The number of rotatable bonds is 51. The first-order valence-electron chi connectivity index (χ1n) is 31.8. The summed E-state index contributed by atoms with van der Waals surface area (Å²) in [6.45, 7) is 10.9. The van der Waals surface area contributed by atoms with Crippen LogP contribution in [0.3, 0.4) is 0 Å². The molecule has 0 saturated carbocycles. The normalized spacial score (nSPS) is 12.0. The van der Waals surface area contributed by atoms with Crippen LogP contribution in [-0.4, -0.2) is 96.5 Å². The van der Waals surface area contributed by atoms with Gasteiger partial charge in [-0.1, -0.05) is 290 Å². The Kier molecular flexibility index (Phi) is 64.7. The molecule has 0 bridgehead atoms. The summed E-state index contributed by atoms with van der Waals surface area (Å²) < 4.78 is 11.9. The number of phosphoric acid groups is 1. The van der Waals surface area contributed by atoms with Crippen molar-refractivity contribution in [3.63, 3.8) is 0 Å². The van der Waals surface area contributed by atoms with Crippen LogP contribution in [0.25, 0.3) is 0 Å². The van der Waals surface area contributed by atoms with Crippen molar-refractivity contribution in [3.8, 4) is 0 Å². The summed E-state index contributed by atoms with van der Waals surface area (Å²) in [5.41, 5.74) is 0. The van der Waals surface area contributed by atoms with Crippen LogP contribution in [0, 0.1) is 0 Å². The van der Waals surface area contributed by atoms with Crippen LogP contribution in [-0.2, 0) is 4.57 Å². The van der Waals surface area contributed by atoms with E-state index < -0.39 is 7.82 Å². The van der Waals surface area contributed by atoms with Crippen LogP contribution in [0.2, 0.25) is 0 Å². The lowest BCUT2D eigenvalue weighted by Gasteiger charge is -2.36. The molecule has 434 valence electrons. The van der Waals surface area contributed by atoms with E-state index in [0.717, 1.165) is 13.4 Å². The molecule has 0 radical (unpaired) electrons. The molecule has 71 heavy (non-hydrogen) atoms. The van der Waals surface area contributed by atoms with E-state index in [0.29, 0.717) is 0 Å². The lowest BCUT2D eigenvalue weighted by Crippen LogP contribution is -2.35. The van der Waals surface area contributed by atoms with Gasteiger partial charge in [-0.25, -0.2) is 0 Å². The fraction of sp³-hybridized carbons (Fsp3) is 1.00. The minimum absolute atomic E-state index is 1.12. The van der Waals surface area contributed by atoms with Gasteiger partial charge in [-0.15, -0.1) is 0 Å². The zero-order valence-electron chi connectivity index (χ0n) is 51.5. The first-order chi connectivity index (χ1) is 33.7. The van der Waals surface area contributed by atoms with Crippen molar-refractivity contribution in [1.82, 2.24) is 0 Å². The molecule has 0 rings (SSSR count). The van der Waals surface area contributed by atoms with Gasteiger partial charge in [0.25, 0.3) is 0 Å². The number of quaternary nitrogens is 3. The molecule has 0 unspecified atom stereocenters. The van der Waals surface area contributed by atoms with Gasteiger partial charge >= 0.3 is 0 Å². The van der Waals surface area contributed by atoms with Crippen molar-refractivity contribution in [2.75, 3.05) is 83.1 Å². The lowest BCUT2D eigenvalue weighted by atomic mass is 10.0. The third-order valence-corrected chi connectivity index (χ3v) is 14.0. The van der Waals surface area contributed by atoms with Gasteiger partial charge in [0.2, 0.25) is 0 Å². The van der Waals surface area contributed by atoms with Gasteiger partial charge < -0.3 is 32.7 Å². The molecule has 0 aliphatic carbocycles. The Balaban J connectivity index is -0.000000451. The molecular weight excluding hydrogens is 894 g/mol. The molecular formula is C63H138N3O4P. The van der Waals surface area contributed by atoms with Crippen molar-refractivity contribution < 1.29 is 32.7 Å². The van der Waals surface area contributed by atoms with E-state index in [2.05, 4.69) is 84.2 Å². The van der Waals surface area contributed by atoms with E-state index in [1.165, 1.54) is 328 Å². The second-order valence-corrected chi connectivity index (χ2v) is 26.3. The van der Waals surface area contributed by atoms with Crippen molar-refractivity contribution in [3.05, 3.63) is 0 Å². The number of unbranched alkanes of at least 4 members (excludes halogenated alkanes) is 45. The third-order valence-electron chi connectivity index (χ3n) is 14.0. The number of hydrogen-bond acceptors (Lipinski definition) is 4. The van der Waals surface area contributed by atoms with E-state index in [1.54, 1.807) is 0 Å². The fourth-order valence-corrected chi connectivity index (χ4v) is 9.40. The minimum atomic E-state index is -5.39. The van der Waals surface area contributed by atoms with Gasteiger partial charge in [-0.2, -0.15) is 7.82 Å². The molecule has 0 amide bonds. The molecule has 0 aromatic heterocycles. The van der Waals surface area contributed by atoms with Gasteiger partial charge in [0, 0.05) is 0 Å². The van der Waals surface area contributed by atoms with Gasteiger partial charge in [0.05, 0.1) is 83.1 Å². The molecule has 0 aromatic rings. The standard InChI is InChI=1S/3C21H46N.H3O4P/c3*1-5-6-7-8-9-10-11-12-13-14-15-16-17-18-19-20-21-22(2,3)4;1-5(2,3)4/h3*5-21H2,1-4H3;(H3,1,2,3,4)/q3*+1;/p-3. The Hall–Kier alpha value is -0.0100. The Bertz CT molecular complexity index is 885. The van der Waals surface area contributed by atoms with Crippen molar-refractivity contribution in [2.45, 2.75) is 329 Å². The van der Waals surface area contributed by atoms with Crippen LogP contribution >= 0.6 is 7.82 Å². The topological polar surface area (TPSA) is 86.2 Å². The highest BCUT2D eigenvalue weighted by molar-refractivity contribution is 7.40. The second kappa shape index (κ2) is 59.2. The van der Waals surface area contributed by atoms with Crippen LogP contribution in [0.5, 0.6) is 0 Å². The summed E-state index contributed by atoms with van der Waals surface area (Å²) in [5.74, 6) is 0. The van der Waals surface area contributed by atoms with Crippen LogP contribution in [0.1, 0.15) is 329 Å². The summed E-state index contributed by atoms with van der Waals surface area (Å²) in [4.78, 5) is 25.6. The maximum atomic E-state index is 8.55. The number of hydrogen-bond donors (Lipinski definition) is 0. The van der Waals surface area contributed by atoms with E-state index in [9.17, 15) is 0 Å². The van der Waals surface area contributed by atoms with Gasteiger partial charge in [0.1, 0.15) is 0 Å². The average molecular weight is 1030 g/mol. The van der Waals surface area contributed by atoms with Crippen molar-refractivity contribution in [2.24, 2.45) is 0 Å². The average Bonchev–Trinajstić information content (AvgIpc) is 3.27. The molecule has 0 heterocycles. The van der Waals surface area contributed by atoms with E-state index >= 15 is 0 Å². The summed E-state index contributed by atoms with van der Waals surface area (Å²) in [6, 6.07) is 0. The Morgan fingerprint density at radius 3 is 0.380 bits per heavy atom. The molecule has 0 spiro atoms. The zero-order valence-corrected chi connectivity index (χ0v) is 52.4. The molecule has 0 N–H and O–H groups in total. The molecule has 7 nitrogen and oxygen atoms in total. The van der Waals surface area contributed by atoms with Crippen LogP contribution in [0.15, 0.2) is 0 Å². The lowest BCUT2D eigenvalue weighted by molar-refractivity contribution is -0.870. The van der Waals surface area contributed by atoms with E-state index in [-0.39, 0.29) is 0 Å². The Morgan fingerprint density at radius 1 is 0.211 bits per heavy atom. The predicted molar refractivity (Wildman–Crippen MR) is 315 cm³/mol. The largest absolute Gasteiger partial charge is 0.822 e. The molecule has 8 heteroatoms. The monoisotopic (exact) mass is 1030 g/mol. The molecule has 0 aliphatic rings. The second-order valence-electron chi connectivity index (χ2n) is 25.4. The number of nitrogens with zero attached hydrogens (tertiary/aromatic N) is 3. The smallest absolute Gasteiger partial charge is 0.0780 e. The summed E-state index contributed by atoms with van der Waals surface area (Å²) in [7, 11) is 15.3.